The van der Waals surface area contributed by atoms with Crippen LogP contribution in [0.4, 0.5) is 0 Å². The first-order valence-electron chi connectivity index (χ1n) is 7.34. The number of carbonyl (C=O) groups excluding carboxylic acids is 1. The van der Waals surface area contributed by atoms with Crippen molar-refractivity contribution in [1.29, 1.82) is 0 Å². The van der Waals surface area contributed by atoms with Gasteiger partial charge in [-0.1, -0.05) is 0 Å². The highest BCUT2D eigenvalue weighted by molar-refractivity contribution is 5.92. The van der Waals surface area contributed by atoms with Gasteiger partial charge in [-0.2, -0.15) is 0 Å². The predicted molar refractivity (Wildman–Crippen MR) is 82.1 cm³/mol. The number of hydrogen-bond acceptors (Lipinski definition) is 6. The highest BCUT2D eigenvalue weighted by Crippen LogP contribution is 2.49. The van der Waals surface area contributed by atoms with Gasteiger partial charge in [0.2, 0.25) is 24.2 Å². The van der Waals surface area contributed by atoms with Crippen LogP contribution in [0, 0.1) is 0 Å². The molecule has 1 fully saturated rings. The molecule has 0 aliphatic carbocycles. The molecule has 7 nitrogen and oxygen atoms in total. The van der Waals surface area contributed by atoms with Crippen LogP contribution in [0.15, 0.2) is 12.1 Å². The standard InChI is InChI=1S/C16H19NO6/c1-19-12-9-11(14(20-2)16-15(12)22-10-23-16)3-4-13(18)17-5-7-21-8-6-17/h3-4,9H,5-8,10H2,1-2H3. The van der Waals surface area contributed by atoms with E-state index in [1.165, 1.54) is 6.08 Å². The Balaban J connectivity index is 1.87. The van der Waals surface area contributed by atoms with Gasteiger partial charge in [0.05, 0.1) is 27.4 Å². The Kier molecular flexibility index (Phi) is 4.57. The Morgan fingerprint density at radius 2 is 1.91 bits per heavy atom. The molecule has 1 saturated heterocycles. The van der Waals surface area contributed by atoms with Gasteiger partial charge in [0.25, 0.3) is 0 Å². The van der Waals surface area contributed by atoms with Gasteiger partial charge in [-0.25, -0.2) is 0 Å². The van der Waals surface area contributed by atoms with Gasteiger partial charge in [0.1, 0.15) is 0 Å². The largest absolute Gasteiger partial charge is 0.493 e. The summed E-state index contributed by atoms with van der Waals surface area (Å²) in [6.07, 6.45) is 3.21. The van der Waals surface area contributed by atoms with E-state index >= 15 is 0 Å². The van der Waals surface area contributed by atoms with Gasteiger partial charge in [-0.3, -0.25) is 4.79 Å². The average molecular weight is 321 g/mol. The monoisotopic (exact) mass is 321 g/mol. The van der Waals surface area contributed by atoms with Crippen molar-refractivity contribution in [2.24, 2.45) is 0 Å². The smallest absolute Gasteiger partial charge is 0.246 e. The highest BCUT2D eigenvalue weighted by Gasteiger charge is 2.26. The van der Waals surface area contributed by atoms with Gasteiger partial charge in [-0.05, 0) is 12.1 Å². The molecule has 0 unspecified atom stereocenters. The molecule has 0 saturated carbocycles. The van der Waals surface area contributed by atoms with Crippen molar-refractivity contribution in [3.8, 4) is 23.0 Å². The minimum atomic E-state index is -0.0630. The van der Waals surface area contributed by atoms with Crippen LogP contribution < -0.4 is 18.9 Å². The molecule has 1 amide bonds. The molecule has 0 radical (unpaired) electrons. The van der Waals surface area contributed by atoms with Crippen molar-refractivity contribution in [2.75, 3.05) is 47.3 Å². The number of benzene rings is 1. The maximum absolute atomic E-state index is 12.2. The maximum atomic E-state index is 12.2. The Labute approximate surface area is 134 Å². The number of carbonyl (C=O) groups is 1. The minimum Gasteiger partial charge on any atom is -0.493 e. The van der Waals surface area contributed by atoms with Gasteiger partial charge < -0.3 is 28.6 Å². The SMILES string of the molecule is COc1cc(C=CC(=O)N2CCOCC2)c(OC)c2c1OCO2. The molecule has 2 aliphatic rings. The number of amides is 1. The summed E-state index contributed by atoms with van der Waals surface area (Å²) in [5.74, 6) is 2.00. The van der Waals surface area contributed by atoms with Gasteiger partial charge in [-0.15, -0.1) is 0 Å². The molecule has 7 heteroatoms. The molecule has 0 bridgehead atoms. The number of rotatable bonds is 4. The minimum absolute atomic E-state index is 0.0630. The number of hydrogen-bond donors (Lipinski definition) is 0. The first kappa shape index (κ1) is 15.5. The van der Waals surface area contributed by atoms with Gasteiger partial charge in [0.15, 0.2) is 11.5 Å². The second-order valence-corrected chi connectivity index (χ2v) is 5.04. The third-order valence-corrected chi connectivity index (χ3v) is 3.74. The summed E-state index contributed by atoms with van der Waals surface area (Å²) in [5.41, 5.74) is 0.690. The zero-order valence-electron chi connectivity index (χ0n) is 13.2. The molecule has 3 rings (SSSR count). The Hall–Kier alpha value is -2.41. The number of nitrogens with zero attached hydrogens (tertiary/aromatic N) is 1. The van der Waals surface area contributed by atoms with E-state index in [4.69, 9.17) is 23.7 Å². The molecule has 124 valence electrons. The molecule has 2 heterocycles. The molecule has 1 aromatic carbocycles. The fourth-order valence-electron chi connectivity index (χ4n) is 2.57. The maximum Gasteiger partial charge on any atom is 0.246 e. The van der Waals surface area contributed by atoms with Crippen LogP contribution in [-0.2, 0) is 9.53 Å². The van der Waals surface area contributed by atoms with E-state index < -0.39 is 0 Å². The van der Waals surface area contributed by atoms with Crippen LogP contribution >= 0.6 is 0 Å². The van der Waals surface area contributed by atoms with E-state index in [9.17, 15) is 4.79 Å². The van der Waals surface area contributed by atoms with Crippen LogP contribution in [0.25, 0.3) is 6.08 Å². The summed E-state index contributed by atoms with van der Waals surface area (Å²) in [4.78, 5) is 14.0. The lowest BCUT2D eigenvalue weighted by molar-refractivity contribution is -0.129. The number of morpholine rings is 1. The van der Waals surface area contributed by atoms with Crippen LogP contribution in [0.2, 0.25) is 0 Å². The quantitative estimate of drug-likeness (QED) is 0.779. The number of ether oxygens (including phenoxy) is 5. The lowest BCUT2D eigenvalue weighted by Gasteiger charge is -2.25. The molecule has 2 aliphatic heterocycles. The number of methoxy groups -OCH3 is 2. The fourth-order valence-corrected chi connectivity index (χ4v) is 2.57. The van der Waals surface area contributed by atoms with Crippen molar-refractivity contribution < 1.29 is 28.5 Å². The molecular formula is C16H19NO6. The third-order valence-electron chi connectivity index (χ3n) is 3.74. The Morgan fingerprint density at radius 1 is 1.17 bits per heavy atom. The molecule has 0 aromatic heterocycles. The van der Waals surface area contributed by atoms with E-state index in [1.807, 2.05) is 0 Å². The van der Waals surface area contributed by atoms with Crippen LogP contribution in [0.3, 0.4) is 0 Å². The fraction of sp³-hybridized carbons (Fsp3) is 0.438. The van der Waals surface area contributed by atoms with Crippen molar-refractivity contribution in [1.82, 2.24) is 4.90 Å². The van der Waals surface area contributed by atoms with Crippen LogP contribution in [-0.4, -0.2) is 58.1 Å². The molecule has 0 atom stereocenters. The first-order valence-corrected chi connectivity index (χ1v) is 7.34. The van der Waals surface area contributed by atoms with E-state index in [1.54, 1.807) is 31.3 Å². The highest BCUT2D eigenvalue weighted by atomic mass is 16.7. The van der Waals surface area contributed by atoms with E-state index in [2.05, 4.69) is 0 Å². The van der Waals surface area contributed by atoms with Gasteiger partial charge in [0, 0.05) is 24.7 Å². The van der Waals surface area contributed by atoms with Crippen molar-refractivity contribution in [3.63, 3.8) is 0 Å². The second-order valence-electron chi connectivity index (χ2n) is 5.04. The summed E-state index contributed by atoms with van der Waals surface area (Å²) in [5, 5.41) is 0. The molecule has 0 spiro atoms. The molecule has 1 aromatic rings. The van der Waals surface area contributed by atoms with Crippen LogP contribution in [0.5, 0.6) is 23.0 Å². The second kappa shape index (κ2) is 6.78. The summed E-state index contributed by atoms with van der Waals surface area (Å²) in [6, 6.07) is 1.76. The average Bonchev–Trinajstić information content (AvgIpc) is 3.08. The van der Waals surface area contributed by atoms with Crippen LogP contribution in [0.1, 0.15) is 5.56 Å². The lowest BCUT2D eigenvalue weighted by Crippen LogP contribution is -2.39. The number of fused-ring (bicyclic) bond motifs is 1. The summed E-state index contributed by atoms with van der Waals surface area (Å²) in [7, 11) is 3.10. The van der Waals surface area contributed by atoms with Crippen molar-refractivity contribution >= 4 is 12.0 Å². The summed E-state index contributed by atoms with van der Waals surface area (Å²) in [6.45, 7) is 2.46. The van der Waals surface area contributed by atoms with E-state index in [-0.39, 0.29) is 12.7 Å². The Bertz CT molecular complexity index is 621. The Morgan fingerprint density at radius 3 is 2.61 bits per heavy atom. The zero-order chi connectivity index (χ0) is 16.2. The normalized spacial score (nSPS) is 16.7. The lowest BCUT2D eigenvalue weighted by atomic mass is 10.1. The third kappa shape index (κ3) is 3.05. The molecule has 23 heavy (non-hydrogen) atoms. The first-order chi connectivity index (χ1) is 11.2. The zero-order valence-corrected chi connectivity index (χ0v) is 13.2. The summed E-state index contributed by atoms with van der Waals surface area (Å²) < 4.78 is 26.8. The predicted octanol–water partition coefficient (Wildman–Crippen LogP) is 1.30. The van der Waals surface area contributed by atoms with Crippen molar-refractivity contribution in [2.45, 2.75) is 0 Å². The molecular weight excluding hydrogens is 302 g/mol. The van der Waals surface area contributed by atoms with Crippen molar-refractivity contribution in [3.05, 3.63) is 17.7 Å². The van der Waals surface area contributed by atoms with E-state index in [0.29, 0.717) is 54.9 Å². The molecule has 0 N–H and O–H groups in total. The summed E-state index contributed by atoms with van der Waals surface area (Å²) >= 11 is 0. The van der Waals surface area contributed by atoms with E-state index in [0.717, 1.165) is 0 Å². The van der Waals surface area contributed by atoms with Gasteiger partial charge >= 0.3 is 0 Å². The topological polar surface area (TPSA) is 66.5 Å².